The van der Waals surface area contributed by atoms with E-state index in [1.807, 2.05) is 37.3 Å². The highest BCUT2D eigenvalue weighted by molar-refractivity contribution is 5.74. The van der Waals surface area contributed by atoms with E-state index in [1.54, 1.807) is 6.07 Å². The second-order valence-electron chi connectivity index (χ2n) is 5.89. The summed E-state index contributed by atoms with van der Waals surface area (Å²) in [5.74, 6) is -0.0209. The van der Waals surface area contributed by atoms with E-state index in [2.05, 4.69) is 10.6 Å². The molecule has 0 saturated carbocycles. The molecule has 0 heterocycles. The van der Waals surface area contributed by atoms with E-state index in [9.17, 15) is 14.3 Å². The Kier molecular flexibility index (Phi) is 6.77. The standard InChI is InChI=1S/C19H23FN2O3/c1-13(8-18(23)15-6-4-3-5-7-15)22-19(24)21-12-14-9-16(20)11-17(10-14)25-2/h3-7,9-11,13,18,23H,8,12H2,1-2H3,(H2,21,22,24). The molecule has 0 aliphatic rings. The molecule has 0 aliphatic carbocycles. The molecule has 0 aromatic heterocycles. The molecule has 0 radical (unpaired) electrons. The second kappa shape index (κ2) is 9.03. The second-order valence-corrected chi connectivity index (χ2v) is 5.89. The first-order chi connectivity index (χ1) is 12.0. The van der Waals surface area contributed by atoms with Crippen LogP contribution in [0.25, 0.3) is 0 Å². The summed E-state index contributed by atoms with van der Waals surface area (Å²) in [5.41, 5.74) is 1.41. The van der Waals surface area contributed by atoms with Gasteiger partial charge in [-0.1, -0.05) is 30.3 Å². The van der Waals surface area contributed by atoms with Crippen molar-refractivity contribution in [3.8, 4) is 5.75 Å². The Bertz CT molecular complexity index is 694. The van der Waals surface area contributed by atoms with Crippen LogP contribution < -0.4 is 15.4 Å². The summed E-state index contributed by atoms with van der Waals surface area (Å²) in [4.78, 5) is 12.0. The van der Waals surface area contributed by atoms with Gasteiger partial charge in [0.25, 0.3) is 0 Å². The third kappa shape index (κ3) is 6.08. The minimum absolute atomic E-state index is 0.175. The van der Waals surface area contributed by atoms with E-state index < -0.39 is 11.9 Å². The summed E-state index contributed by atoms with van der Waals surface area (Å²) in [5, 5.41) is 15.6. The Morgan fingerprint density at radius 2 is 1.96 bits per heavy atom. The Morgan fingerprint density at radius 1 is 1.24 bits per heavy atom. The quantitative estimate of drug-likeness (QED) is 0.721. The number of hydrogen-bond acceptors (Lipinski definition) is 3. The number of carbonyl (C=O) groups excluding carboxylic acids is 1. The zero-order valence-corrected chi connectivity index (χ0v) is 14.3. The van der Waals surface area contributed by atoms with Gasteiger partial charge in [-0.15, -0.1) is 0 Å². The molecule has 2 rings (SSSR count). The molecule has 2 atom stereocenters. The first kappa shape index (κ1) is 18.7. The van der Waals surface area contributed by atoms with Crippen molar-refractivity contribution in [2.75, 3.05) is 7.11 Å². The first-order valence-electron chi connectivity index (χ1n) is 8.08. The van der Waals surface area contributed by atoms with Crippen molar-refractivity contribution in [3.63, 3.8) is 0 Å². The van der Waals surface area contributed by atoms with Crippen molar-refractivity contribution in [2.45, 2.75) is 32.0 Å². The lowest BCUT2D eigenvalue weighted by atomic mass is 10.0. The Hall–Kier alpha value is -2.60. The van der Waals surface area contributed by atoms with Crippen LogP contribution in [0.5, 0.6) is 5.75 Å². The van der Waals surface area contributed by atoms with Gasteiger partial charge in [0, 0.05) is 18.7 Å². The SMILES string of the molecule is COc1cc(F)cc(CNC(=O)NC(C)CC(O)c2ccccc2)c1. The lowest BCUT2D eigenvalue weighted by Gasteiger charge is -2.18. The predicted octanol–water partition coefficient (Wildman–Crippen LogP) is 3.15. The van der Waals surface area contributed by atoms with E-state index in [0.717, 1.165) is 5.56 Å². The molecule has 6 heteroatoms. The molecule has 2 unspecified atom stereocenters. The number of amides is 2. The van der Waals surface area contributed by atoms with Gasteiger partial charge in [0.05, 0.1) is 13.2 Å². The lowest BCUT2D eigenvalue weighted by molar-refractivity contribution is 0.154. The first-order valence-corrected chi connectivity index (χ1v) is 8.08. The molecule has 0 aliphatic heterocycles. The molecule has 2 amide bonds. The van der Waals surface area contributed by atoms with Crippen LogP contribution in [-0.2, 0) is 6.54 Å². The van der Waals surface area contributed by atoms with Crippen LogP contribution >= 0.6 is 0 Å². The van der Waals surface area contributed by atoms with E-state index in [4.69, 9.17) is 4.74 Å². The fraction of sp³-hybridized carbons (Fsp3) is 0.316. The number of aliphatic hydroxyl groups excluding tert-OH is 1. The van der Waals surface area contributed by atoms with Crippen LogP contribution in [0.3, 0.4) is 0 Å². The lowest BCUT2D eigenvalue weighted by Crippen LogP contribution is -2.41. The highest BCUT2D eigenvalue weighted by Crippen LogP contribution is 2.18. The Labute approximate surface area is 146 Å². The number of methoxy groups -OCH3 is 1. The zero-order valence-electron chi connectivity index (χ0n) is 14.3. The number of ether oxygens (including phenoxy) is 1. The van der Waals surface area contributed by atoms with Crippen molar-refractivity contribution in [3.05, 3.63) is 65.5 Å². The molecule has 0 spiro atoms. The van der Waals surface area contributed by atoms with E-state index >= 15 is 0 Å². The number of hydrogen-bond donors (Lipinski definition) is 3. The number of urea groups is 1. The van der Waals surface area contributed by atoms with Crippen molar-refractivity contribution >= 4 is 6.03 Å². The molecule has 0 bridgehead atoms. The molecule has 0 saturated heterocycles. The van der Waals surface area contributed by atoms with E-state index in [1.165, 1.54) is 19.2 Å². The number of rotatable bonds is 7. The minimum atomic E-state index is -0.649. The Balaban J connectivity index is 1.80. The number of carbonyl (C=O) groups is 1. The monoisotopic (exact) mass is 346 g/mol. The van der Waals surface area contributed by atoms with Crippen molar-refractivity contribution in [1.29, 1.82) is 0 Å². The fourth-order valence-corrected chi connectivity index (χ4v) is 2.50. The summed E-state index contributed by atoms with van der Waals surface area (Å²) in [7, 11) is 1.46. The van der Waals surface area contributed by atoms with Crippen LogP contribution in [0, 0.1) is 5.82 Å². The van der Waals surface area contributed by atoms with Gasteiger partial charge in [-0.2, -0.15) is 0 Å². The van der Waals surface area contributed by atoms with E-state index in [-0.39, 0.29) is 18.6 Å². The summed E-state index contributed by atoms with van der Waals surface area (Å²) in [6, 6.07) is 12.9. The summed E-state index contributed by atoms with van der Waals surface area (Å²) in [6.07, 6.45) is -0.255. The van der Waals surface area contributed by atoms with Crippen molar-refractivity contribution in [1.82, 2.24) is 10.6 Å². The number of halogens is 1. The average molecular weight is 346 g/mol. The van der Waals surface area contributed by atoms with Gasteiger partial charge in [-0.3, -0.25) is 0 Å². The molecule has 0 fully saturated rings. The smallest absolute Gasteiger partial charge is 0.315 e. The highest BCUT2D eigenvalue weighted by Gasteiger charge is 2.14. The van der Waals surface area contributed by atoms with Gasteiger partial charge in [0.2, 0.25) is 0 Å². The zero-order chi connectivity index (χ0) is 18.2. The summed E-state index contributed by atoms with van der Waals surface area (Å²) in [6.45, 7) is 1.99. The number of nitrogens with one attached hydrogen (secondary N) is 2. The van der Waals surface area contributed by atoms with Gasteiger partial charge < -0.3 is 20.5 Å². The van der Waals surface area contributed by atoms with Crippen LogP contribution in [0.15, 0.2) is 48.5 Å². The van der Waals surface area contributed by atoms with Gasteiger partial charge in [0.1, 0.15) is 11.6 Å². The van der Waals surface area contributed by atoms with Crippen molar-refractivity contribution in [2.24, 2.45) is 0 Å². The topological polar surface area (TPSA) is 70.6 Å². The molecule has 5 nitrogen and oxygen atoms in total. The van der Waals surface area contributed by atoms with Gasteiger partial charge in [-0.25, -0.2) is 9.18 Å². The minimum Gasteiger partial charge on any atom is -0.497 e. The van der Waals surface area contributed by atoms with Crippen LogP contribution in [0.4, 0.5) is 9.18 Å². The maximum Gasteiger partial charge on any atom is 0.315 e. The third-order valence-electron chi connectivity index (χ3n) is 3.76. The summed E-state index contributed by atoms with van der Waals surface area (Å²) >= 11 is 0. The third-order valence-corrected chi connectivity index (χ3v) is 3.76. The molecule has 134 valence electrons. The van der Waals surface area contributed by atoms with Crippen LogP contribution in [0.1, 0.15) is 30.6 Å². The average Bonchev–Trinajstić information content (AvgIpc) is 2.60. The maximum absolute atomic E-state index is 13.4. The van der Waals surface area contributed by atoms with Crippen molar-refractivity contribution < 1.29 is 19.0 Å². The maximum atomic E-state index is 13.4. The molecule has 25 heavy (non-hydrogen) atoms. The predicted molar refractivity (Wildman–Crippen MR) is 93.8 cm³/mol. The molecule has 2 aromatic carbocycles. The molecular formula is C19H23FN2O3. The molecule has 2 aromatic rings. The highest BCUT2D eigenvalue weighted by atomic mass is 19.1. The van der Waals surface area contributed by atoms with Crippen LogP contribution in [0.2, 0.25) is 0 Å². The Morgan fingerprint density at radius 3 is 2.64 bits per heavy atom. The largest absolute Gasteiger partial charge is 0.497 e. The van der Waals surface area contributed by atoms with Gasteiger partial charge >= 0.3 is 6.03 Å². The van der Waals surface area contributed by atoms with Crippen LogP contribution in [-0.4, -0.2) is 24.3 Å². The molecule has 3 N–H and O–H groups in total. The fourth-order valence-electron chi connectivity index (χ4n) is 2.50. The number of benzene rings is 2. The van der Waals surface area contributed by atoms with Gasteiger partial charge in [0.15, 0.2) is 0 Å². The van der Waals surface area contributed by atoms with Gasteiger partial charge in [-0.05, 0) is 36.6 Å². The molecular weight excluding hydrogens is 323 g/mol. The number of aliphatic hydroxyl groups is 1. The summed E-state index contributed by atoms with van der Waals surface area (Å²) < 4.78 is 18.4. The van der Waals surface area contributed by atoms with E-state index in [0.29, 0.717) is 17.7 Å². The normalized spacial score (nSPS) is 13.0.